The molecule has 0 saturated carbocycles. The van der Waals surface area contributed by atoms with E-state index in [-0.39, 0.29) is 0 Å². The van der Waals surface area contributed by atoms with Crippen LogP contribution in [0.25, 0.3) is 0 Å². The van der Waals surface area contributed by atoms with Gasteiger partial charge in [0.05, 0.1) is 5.75 Å². The van der Waals surface area contributed by atoms with Crippen molar-refractivity contribution in [3.63, 3.8) is 0 Å². The van der Waals surface area contributed by atoms with E-state index in [0.29, 0.717) is 10.9 Å². The molecule has 0 unspecified atom stereocenters. The van der Waals surface area contributed by atoms with Crippen LogP contribution < -0.4 is 0 Å². The molecule has 0 aliphatic heterocycles. The Labute approximate surface area is 118 Å². The van der Waals surface area contributed by atoms with Crippen LogP contribution in [-0.4, -0.2) is 9.97 Å². The third-order valence-electron chi connectivity index (χ3n) is 2.06. The van der Waals surface area contributed by atoms with E-state index in [1.807, 2.05) is 25.1 Å². The zero-order valence-corrected chi connectivity index (χ0v) is 12.3. The fourth-order valence-corrected chi connectivity index (χ4v) is 3.04. The van der Waals surface area contributed by atoms with Crippen molar-refractivity contribution >= 4 is 39.3 Å². The van der Waals surface area contributed by atoms with Gasteiger partial charge in [0.15, 0.2) is 0 Å². The van der Waals surface area contributed by atoms with Crippen molar-refractivity contribution in [2.24, 2.45) is 0 Å². The maximum Gasteiger partial charge on any atom is 0.140 e. The standard InChI is InChI=1S/C12H10BrClN2S/c1-8-6-11(14)16-12(15-8)7-17-10-5-3-2-4-9(10)13/h2-6H,7H2,1H3. The Hall–Kier alpha value is -0.580. The van der Waals surface area contributed by atoms with Crippen LogP contribution >= 0.6 is 39.3 Å². The number of rotatable bonds is 3. The van der Waals surface area contributed by atoms with E-state index in [1.165, 1.54) is 4.90 Å². The third kappa shape index (κ3) is 3.69. The lowest BCUT2D eigenvalue weighted by Crippen LogP contribution is -1.95. The largest absolute Gasteiger partial charge is 0.237 e. The number of thioether (sulfide) groups is 1. The van der Waals surface area contributed by atoms with Gasteiger partial charge in [0, 0.05) is 15.1 Å². The summed E-state index contributed by atoms with van der Waals surface area (Å²) in [5.74, 6) is 1.47. The fourth-order valence-electron chi connectivity index (χ4n) is 1.36. The van der Waals surface area contributed by atoms with E-state index >= 15 is 0 Å². The molecule has 0 fully saturated rings. The lowest BCUT2D eigenvalue weighted by molar-refractivity contribution is 0.995. The summed E-state index contributed by atoms with van der Waals surface area (Å²) in [5.41, 5.74) is 0.896. The van der Waals surface area contributed by atoms with Gasteiger partial charge < -0.3 is 0 Å². The SMILES string of the molecule is Cc1cc(Cl)nc(CSc2ccccc2Br)n1. The van der Waals surface area contributed by atoms with Crippen molar-refractivity contribution in [2.45, 2.75) is 17.6 Å². The molecule has 0 aliphatic rings. The van der Waals surface area contributed by atoms with E-state index in [2.05, 4.69) is 32.0 Å². The maximum atomic E-state index is 5.89. The van der Waals surface area contributed by atoms with Gasteiger partial charge in [-0.3, -0.25) is 0 Å². The summed E-state index contributed by atoms with van der Waals surface area (Å²) in [6, 6.07) is 9.85. The van der Waals surface area contributed by atoms with E-state index in [9.17, 15) is 0 Å². The number of aromatic nitrogens is 2. The molecule has 0 saturated heterocycles. The summed E-state index contributed by atoms with van der Waals surface area (Å²) in [7, 11) is 0. The average molecular weight is 330 g/mol. The van der Waals surface area contributed by atoms with Crippen LogP contribution in [0.4, 0.5) is 0 Å². The number of aryl methyl sites for hydroxylation is 1. The predicted octanol–water partition coefficient (Wildman–Crippen LogP) is 4.49. The monoisotopic (exact) mass is 328 g/mol. The van der Waals surface area contributed by atoms with E-state index < -0.39 is 0 Å². The molecule has 0 amide bonds. The van der Waals surface area contributed by atoms with Crippen LogP contribution in [0.1, 0.15) is 11.5 Å². The van der Waals surface area contributed by atoms with Gasteiger partial charge in [-0.2, -0.15) is 0 Å². The van der Waals surface area contributed by atoms with Crippen LogP contribution in [0, 0.1) is 6.92 Å². The molecule has 0 bridgehead atoms. The fraction of sp³-hybridized carbons (Fsp3) is 0.167. The zero-order chi connectivity index (χ0) is 12.3. The highest BCUT2D eigenvalue weighted by atomic mass is 79.9. The molecule has 2 rings (SSSR count). The molecular formula is C12H10BrClN2S. The molecule has 2 nitrogen and oxygen atoms in total. The number of benzene rings is 1. The van der Waals surface area contributed by atoms with Gasteiger partial charge in [0.25, 0.3) is 0 Å². The van der Waals surface area contributed by atoms with Gasteiger partial charge in [-0.1, -0.05) is 23.7 Å². The van der Waals surface area contributed by atoms with Crippen LogP contribution in [0.2, 0.25) is 5.15 Å². The van der Waals surface area contributed by atoms with Crippen LogP contribution in [0.15, 0.2) is 39.7 Å². The normalized spacial score (nSPS) is 10.5. The van der Waals surface area contributed by atoms with Gasteiger partial charge >= 0.3 is 0 Å². The highest BCUT2D eigenvalue weighted by molar-refractivity contribution is 9.10. The smallest absolute Gasteiger partial charge is 0.140 e. The number of nitrogens with zero attached hydrogens (tertiary/aromatic N) is 2. The lowest BCUT2D eigenvalue weighted by Gasteiger charge is -2.04. The molecule has 0 spiro atoms. The Bertz CT molecular complexity index is 513. The Morgan fingerprint density at radius 1 is 1.29 bits per heavy atom. The maximum absolute atomic E-state index is 5.89. The van der Waals surface area contributed by atoms with Gasteiger partial charge in [-0.05, 0) is 41.1 Å². The first-order valence-corrected chi connectivity index (χ1v) is 7.18. The predicted molar refractivity (Wildman–Crippen MR) is 75.5 cm³/mol. The highest BCUT2D eigenvalue weighted by Gasteiger charge is 2.04. The van der Waals surface area contributed by atoms with Crippen molar-refractivity contribution in [3.8, 4) is 0 Å². The van der Waals surface area contributed by atoms with E-state index in [4.69, 9.17) is 11.6 Å². The Morgan fingerprint density at radius 3 is 2.76 bits per heavy atom. The summed E-state index contributed by atoms with van der Waals surface area (Å²) in [6.45, 7) is 1.92. The molecule has 0 aliphatic carbocycles. The molecule has 0 N–H and O–H groups in total. The summed E-state index contributed by atoms with van der Waals surface area (Å²) in [4.78, 5) is 9.72. The second-order valence-corrected chi connectivity index (χ2v) is 5.73. The quantitative estimate of drug-likeness (QED) is 0.613. The van der Waals surface area contributed by atoms with Crippen molar-refractivity contribution in [2.75, 3.05) is 0 Å². The third-order valence-corrected chi connectivity index (χ3v) is 4.28. The van der Waals surface area contributed by atoms with Gasteiger partial charge in [0.2, 0.25) is 0 Å². The van der Waals surface area contributed by atoms with Crippen molar-refractivity contribution in [1.29, 1.82) is 0 Å². The molecular weight excluding hydrogens is 320 g/mol. The highest BCUT2D eigenvalue weighted by Crippen LogP contribution is 2.29. The number of halogens is 2. The topological polar surface area (TPSA) is 25.8 Å². The van der Waals surface area contributed by atoms with Crippen molar-refractivity contribution in [1.82, 2.24) is 9.97 Å². The minimum Gasteiger partial charge on any atom is -0.237 e. The zero-order valence-electron chi connectivity index (χ0n) is 9.15. The summed E-state index contributed by atoms with van der Waals surface area (Å²) >= 11 is 11.1. The molecule has 17 heavy (non-hydrogen) atoms. The number of hydrogen-bond acceptors (Lipinski definition) is 3. The first-order chi connectivity index (χ1) is 8.15. The molecule has 0 atom stereocenters. The molecule has 1 aromatic heterocycles. The molecule has 2 aromatic rings. The second-order valence-electron chi connectivity index (χ2n) is 3.47. The molecule has 88 valence electrons. The minimum atomic E-state index is 0.500. The van der Waals surface area contributed by atoms with Gasteiger partial charge in [-0.25, -0.2) is 9.97 Å². The molecule has 1 heterocycles. The lowest BCUT2D eigenvalue weighted by atomic mass is 10.4. The summed E-state index contributed by atoms with van der Waals surface area (Å²) < 4.78 is 1.09. The molecule has 5 heteroatoms. The second kappa shape index (κ2) is 5.85. The molecule has 0 radical (unpaired) electrons. The van der Waals surface area contributed by atoms with E-state index in [1.54, 1.807) is 17.8 Å². The summed E-state index contributed by atoms with van der Waals surface area (Å²) in [5, 5.41) is 0.500. The number of hydrogen-bond donors (Lipinski definition) is 0. The van der Waals surface area contributed by atoms with Crippen LogP contribution in [0.3, 0.4) is 0 Å². The van der Waals surface area contributed by atoms with Gasteiger partial charge in [-0.15, -0.1) is 11.8 Å². The molecule has 1 aromatic carbocycles. The first-order valence-electron chi connectivity index (χ1n) is 5.02. The van der Waals surface area contributed by atoms with Gasteiger partial charge in [0.1, 0.15) is 11.0 Å². The first kappa shape index (κ1) is 12.9. The Balaban J connectivity index is 2.10. The van der Waals surface area contributed by atoms with Crippen molar-refractivity contribution < 1.29 is 0 Å². The van der Waals surface area contributed by atoms with Crippen molar-refractivity contribution in [3.05, 3.63) is 51.5 Å². The Morgan fingerprint density at radius 2 is 2.06 bits per heavy atom. The average Bonchev–Trinajstić information content (AvgIpc) is 2.27. The Kier molecular flexibility index (Phi) is 4.42. The van der Waals surface area contributed by atoms with E-state index in [0.717, 1.165) is 16.0 Å². The van der Waals surface area contributed by atoms with Crippen LogP contribution in [-0.2, 0) is 5.75 Å². The minimum absolute atomic E-state index is 0.500. The summed E-state index contributed by atoms with van der Waals surface area (Å²) in [6.07, 6.45) is 0. The van der Waals surface area contributed by atoms with Crippen LogP contribution in [0.5, 0.6) is 0 Å².